The van der Waals surface area contributed by atoms with Crippen molar-refractivity contribution in [2.24, 2.45) is 0 Å². The quantitative estimate of drug-likeness (QED) is 0.779. The van der Waals surface area contributed by atoms with Crippen LogP contribution in [-0.2, 0) is 0 Å². The Kier molecular flexibility index (Phi) is 4.57. The van der Waals surface area contributed by atoms with E-state index < -0.39 is 0 Å². The fourth-order valence-electron chi connectivity index (χ4n) is 2.33. The smallest absolute Gasteiger partial charge is 0.256 e. The van der Waals surface area contributed by atoms with Crippen LogP contribution in [-0.4, -0.2) is 18.0 Å². The number of aromatic nitrogens is 1. The number of benzene rings is 2. The molecule has 0 unspecified atom stereocenters. The molecule has 2 aromatic carbocycles. The van der Waals surface area contributed by atoms with Gasteiger partial charge in [-0.25, -0.2) is 4.98 Å². The minimum absolute atomic E-state index is 0.173. The first-order valence-electron chi connectivity index (χ1n) is 7.64. The van der Waals surface area contributed by atoms with Crippen molar-refractivity contribution in [1.82, 2.24) is 4.98 Å². The highest BCUT2D eigenvalue weighted by atomic mass is 16.5. The number of aryl methyl sites for hydroxylation is 1. The van der Waals surface area contributed by atoms with Gasteiger partial charge in [-0.1, -0.05) is 30.3 Å². The number of anilines is 1. The van der Waals surface area contributed by atoms with Crippen LogP contribution < -0.4 is 10.1 Å². The third-order valence-corrected chi connectivity index (χ3v) is 3.72. The van der Waals surface area contributed by atoms with Gasteiger partial charge in [0.25, 0.3) is 5.91 Å². The molecule has 24 heavy (non-hydrogen) atoms. The van der Waals surface area contributed by atoms with E-state index in [1.165, 1.54) is 0 Å². The summed E-state index contributed by atoms with van der Waals surface area (Å²) in [5.74, 6) is 1.19. The number of hydrogen-bond donors (Lipinski definition) is 1. The van der Waals surface area contributed by atoms with Crippen LogP contribution in [0.5, 0.6) is 5.75 Å². The van der Waals surface area contributed by atoms with E-state index in [2.05, 4.69) is 10.3 Å². The van der Waals surface area contributed by atoms with Gasteiger partial charge in [-0.15, -0.1) is 0 Å². The zero-order chi connectivity index (χ0) is 16.9. The molecule has 0 bridgehead atoms. The monoisotopic (exact) mass is 318 g/mol. The molecular formula is C20H18N2O2. The molecule has 120 valence electrons. The standard InChI is InChI=1S/C20H18N2O2/c1-14-3-12-19(21-13-14)22-20(23)17-6-4-15(5-7-17)16-8-10-18(24-2)11-9-16/h3-13H,1-2H3,(H,21,22,23). The van der Waals surface area contributed by atoms with E-state index in [1.807, 2.05) is 61.5 Å². The molecule has 0 spiro atoms. The fourth-order valence-corrected chi connectivity index (χ4v) is 2.33. The van der Waals surface area contributed by atoms with Crippen LogP contribution >= 0.6 is 0 Å². The Morgan fingerprint density at radius 2 is 1.54 bits per heavy atom. The Morgan fingerprint density at radius 3 is 2.08 bits per heavy atom. The van der Waals surface area contributed by atoms with Crippen molar-refractivity contribution in [2.45, 2.75) is 6.92 Å². The molecule has 0 atom stereocenters. The van der Waals surface area contributed by atoms with Gasteiger partial charge >= 0.3 is 0 Å². The van der Waals surface area contributed by atoms with Crippen LogP contribution in [0.15, 0.2) is 66.9 Å². The number of carbonyl (C=O) groups excluding carboxylic acids is 1. The third kappa shape index (κ3) is 3.60. The van der Waals surface area contributed by atoms with Crippen LogP contribution in [0, 0.1) is 6.92 Å². The summed E-state index contributed by atoms with van der Waals surface area (Å²) < 4.78 is 5.16. The Hall–Kier alpha value is -3.14. The number of nitrogens with one attached hydrogen (secondary N) is 1. The molecule has 0 radical (unpaired) electrons. The lowest BCUT2D eigenvalue weighted by molar-refractivity contribution is 0.102. The topological polar surface area (TPSA) is 51.2 Å². The summed E-state index contributed by atoms with van der Waals surface area (Å²) in [5.41, 5.74) is 3.76. The predicted molar refractivity (Wildman–Crippen MR) is 95.4 cm³/mol. The average molecular weight is 318 g/mol. The van der Waals surface area contributed by atoms with Crippen molar-refractivity contribution < 1.29 is 9.53 Å². The lowest BCUT2D eigenvalue weighted by atomic mass is 10.0. The predicted octanol–water partition coefficient (Wildman–Crippen LogP) is 4.32. The van der Waals surface area contributed by atoms with Gasteiger partial charge in [0.1, 0.15) is 11.6 Å². The highest BCUT2D eigenvalue weighted by molar-refractivity contribution is 6.04. The number of nitrogens with zero attached hydrogens (tertiary/aromatic N) is 1. The molecule has 1 N–H and O–H groups in total. The molecule has 0 aliphatic heterocycles. The van der Waals surface area contributed by atoms with Gasteiger partial charge in [-0.2, -0.15) is 0 Å². The molecule has 0 aliphatic carbocycles. The largest absolute Gasteiger partial charge is 0.497 e. The van der Waals surface area contributed by atoms with Crippen molar-refractivity contribution in [3.05, 3.63) is 78.0 Å². The van der Waals surface area contributed by atoms with Crippen molar-refractivity contribution in [1.29, 1.82) is 0 Å². The lowest BCUT2D eigenvalue weighted by Gasteiger charge is -2.07. The minimum atomic E-state index is -0.173. The number of rotatable bonds is 4. The molecule has 4 nitrogen and oxygen atoms in total. The second kappa shape index (κ2) is 6.96. The molecule has 0 saturated carbocycles. The molecule has 1 heterocycles. The summed E-state index contributed by atoms with van der Waals surface area (Å²) >= 11 is 0. The van der Waals surface area contributed by atoms with E-state index >= 15 is 0 Å². The Balaban J connectivity index is 1.73. The minimum Gasteiger partial charge on any atom is -0.497 e. The summed E-state index contributed by atoms with van der Waals surface area (Å²) in [7, 11) is 1.64. The summed E-state index contributed by atoms with van der Waals surface area (Å²) in [6.45, 7) is 1.95. The molecule has 4 heteroatoms. The van der Waals surface area contributed by atoms with E-state index in [0.717, 1.165) is 22.4 Å². The Bertz CT molecular complexity index is 823. The molecular weight excluding hydrogens is 300 g/mol. The number of methoxy groups -OCH3 is 1. The van der Waals surface area contributed by atoms with Crippen molar-refractivity contribution in [3.8, 4) is 16.9 Å². The van der Waals surface area contributed by atoms with Gasteiger partial charge in [0.05, 0.1) is 7.11 Å². The lowest BCUT2D eigenvalue weighted by Crippen LogP contribution is -2.12. The summed E-state index contributed by atoms with van der Waals surface area (Å²) in [6, 6.07) is 19.0. The van der Waals surface area contributed by atoms with Gasteiger partial charge < -0.3 is 10.1 Å². The summed E-state index contributed by atoms with van der Waals surface area (Å²) in [5, 5.41) is 2.79. The van der Waals surface area contributed by atoms with Crippen LogP contribution in [0.1, 0.15) is 15.9 Å². The number of amides is 1. The summed E-state index contributed by atoms with van der Waals surface area (Å²) in [4.78, 5) is 16.4. The van der Waals surface area contributed by atoms with Crippen LogP contribution in [0.3, 0.4) is 0 Å². The van der Waals surface area contributed by atoms with E-state index in [9.17, 15) is 4.79 Å². The Morgan fingerprint density at radius 1 is 0.917 bits per heavy atom. The summed E-state index contributed by atoms with van der Waals surface area (Å²) in [6.07, 6.45) is 1.72. The third-order valence-electron chi connectivity index (χ3n) is 3.72. The van der Waals surface area contributed by atoms with E-state index in [1.54, 1.807) is 19.4 Å². The number of pyridine rings is 1. The van der Waals surface area contributed by atoms with Crippen LogP contribution in [0.2, 0.25) is 0 Å². The van der Waals surface area contributed by atoms with Gasteiger partial charge in [0, 0.05) is 11.8 Å². The molecule has 0 fully saturated rings. The average Bonchev–Trinajstić information content (AvgIpc) is 2.64. The Labute approximate surface area is 141 Å². The molecule has 3 rings (SSSR count). The fraction of sp³-hybridized carbons (Fsp3) is 0.100. The highest BCUT2D eigenvalue weighted by Gasteiger charge is 2.07. The molecule has 3 aromatic rings. The maximum atomic E-state index is 12.3. The van der Waals surface area contributed by atoms with Gasteiger partial charge in [0.2, 0.25) is 0 Å². The van der Waals surface area contributed by atoms with Crippen molar-refractivity contribution in [3.63, 3.8) is 0 Å². The normalized spacial score (nSPS) is 10.2. The first-order chi connectivity index (χ1) is 11.7. The molecule has 1 amide bonds. The van der Waals surface area contributed by atoms with Gasteiger partial charge in [-0.3, -0.25) is 4.79 Å². The SMILES string of the molecule is COc1ccc(-c2ccc(C(=O)Nc3ccc(C)cn3)cc2)cc1. The first-order valence-corrected chi connectivity index (χ1v) is 7.64. The van der Waals surface area contributed by atoms with E-state index in [4.69, 9.17) is 4.74 Å². The zero-order valence-electron chi connectivity index (χ0n) is 13.6. The van der Waals surface area contributed by atoms with Crippen molar-refractivity contribution in [2.75, 3.05) is 12.4 Å². The zero-order valence-corrected chi connectivity index (χ0v) is 13.6. The maximum absolute atomic E-state index is 12.3. The molecule has 0 aliphatic rings. The van der Waals surface area contributed by atoms with Gasteiger partial charge in [-0.05, 0) is 53.9 Å². The second-order valence-electron chi connectivity index (χ2n) is 5.48. The number of carbonyl (C=O) groups is 1. The number of hydrogen-bond acceptors (Lipinski definition) is 3. The van der Waals surface area contributed by atoms with Gasteiger partial charge in [0.15, 0.2) is 0 Å². The number of ether oxygens (including phenoxy) is 1. The highest BCUT2D eigenvalue weighted by Crippen LogP contribution is 2.23. The van der Waals surface area contributed by atoms with Crippen LogP contribution in [0.25, 0.3) is 11.1 Å². The van der Waals surface area contributed by atoms with E-state index in [-0.39, 0.29) is 5.91 Å². The molecule has 1 aromatic heterocycles. The van der Waals surface area contributed by atoms with Crippen LogP contribution in [0.4, 0.5) is 5.82 Å². The maximum Gasteiger partial charge on any atom is 0.256 e. The first kappa shape index (κ1) is 15.7. The van der Waals surface area contributed by atoms with E-state index in [0.29, 0.717) is 11.4 Å². The molecule has 0 saturated heterocycles. The second-order valence-corrected chi connectivity index (χ2v) is 5.48. The van der Waals surface area contributed by atoms with Crippen molar-refractivity contribution >= 4 is 11.7 Å².